The number of nitrogens with zero attached hydrogens (tertiary/aromatic N) is 1. The van der Waals surface area contributed by atoms with E-state index in [1.54, 1.807) is 0 Å². The normalized spacial score (nSPS) is 35.4. The van der Waals surface area contributed by atoms with Gasteiger partial charge in [-0.1, -0.05) is 12.8 Å². The number of hydrazine groups is 1. The van der Waals surface area contributed by atoms with Crippen LogP contribution < -0.4 is 11.2 Å². The van der Waals surface area contributed by atoms with E-state index in [0.29, 0.717) is 19.0 Å². The van der Waals surface area contributed by atoms with Gasteiger partial charge in [-0.15, -0.1) is 0 Å². The first-order valence-electron chi connectivity index (χ1n) is 6.74. The van der Waals surface area contributed by atoms with Crippen molar-refractivity contribution in [2.24, 2.45) is 17.6 Å². The monoisotopic (exact) mass is 235 g/mol. The molecule has 3 atom stereocenters. The Labute approximate surface area is 102 Å². The maximum Gasteiger partial charge on any atom is 0.219 e. The van der Waals surface area contributed by atoms with Gasteiger partial charge in [0.05, 0.1) is 0 Å². The first-order chi connectivity index (χ1) is 8.22. The van der Waals surface area contributed by atoms with E-state index in [1.165, 1.54) is 37.7 Å². The Morgan fingerprint density at radius 2 is 2.29 bits per heavy atom. The lowest BCUT2D eigenvalue weighted by molar-refractivity contribution is -0.118. The van der Waals surface area contributed by atoms with Crippen molar-refractivity contribution in [3.63, 3.8) is 0 Å². The Bertz CT molecular complexity index is 353. The van der Waals surface area contributed by atoms with Crippen LogP contribution >= 0.6 is 0 Å². The summed E-state index contributed by atoms with van der Waals surface area (Å²) >= 11 is 0. The number of hydrogen-bond acceptors (Lipinski definition) is 3. The quantitative estimate of drug-likeness (QED) is 0.771. The van der Waals surface area contributed by atoms with Crippen molar-refractivity contribution in [2.45, 2.75) is 44.6 Å². The number of rotatable bonds is 3. The second-order valence-electron chi connectivity index (χ2n) is 5.69. The molecule has 17 heavy (non-hydrogen) atoms. The Morgan fingerprint density at radius 1 is 1.47 bits per heavy atom. The highest BCUT2D eigenvalue weighted by Gasteiger charge is 2.38. The molecular formula is C13H21N3O. The van der Waals surface area contributed by atoms with Crippen LogP contribution in [0.3, 0.4) is 0 Å². The number of hydrogen-bond donors (Lipinski definition) is 2. The predicted molar refractivity (Wildman–Crippen MR) is 65.6 cm³/mol. The zero-order valence-electron chi connectivity index (χ0n) is 10.2. The van der Waals surface area contributed by atoms with Gasteiger partial charge in [0.25, 0.3) is 0 Å². The van der Waals surface area contributed by atoms with Gasteiger partial charge >= 0.3 is 0 Å². The van der Waals surface area contributed by atoms with E-state index in [2.05, 4.69) is 16.6 Å². The van der Waals surface area contributed by atoms with Crippen LogP contribution in [0.15, 0.2) is 11.8 Å². The average molecular weight is 235 g/mol. The molecule has 4 heteroatoms. The summed E-state index contributed by atoms with van der Waals surface area (Å²) in [5.74, 6) is 1.63. The van der Waals surface area contributed by atoms with Crippen molar-refractivity contribution in [3.8, 4) is 0 Å². The van der Waals surface area contributed by atoms with Gasteiger partial charge in [0.1, 0.15) is 0 Å². The molecule has 3 aliphatic rings. The molecule has 3 unspecified atom stereocenters. The molecule has 0 aromatic rings. The Kier molecular flexibility index (Phi) is 2.82. The first kappa shape index (κ1) is 11.1. The average Bonchev–Trinajstić information content (AvgIpc) is 2.87. The number of carbonyl (C=O) groups excluding carboxylic acids is 1. The minimum Gasteiger partial charge on any atom is -0.370 e. The van der Waals surface area contributed by atoms with E-state index in [4.69, 9.17) is 5.73 Å². The number of amides is 1. The third-order valence-corrected chi connectivity index (χ3v) is 4.54. The molecule has 1 aliphatic heterocycles. The van der Waals surface area contributed by atoms with Gasteiger partial charge in [-0.3, -0.25) is 4.79 Å². The summed E-state index contributed by atoms with van der Waals surface area (Å²) in [4.78, 5) is 10.8. The summed E-state index contributed by atoms with van der Waals surface area (Å²) in [6.07, 6.45) is 9.42. The number of primary amides is 1. The second kappa shape index (κ2) is 4.33. The van der Waals surface area contributed by atoms with Crippen molar-refractivity contribution in [3.05, 3.63) is 11.8 Å². The number of fused-ring (bicyclic) bond motifs is 2. The van der Waals surface area contributed by atoms with E-state index in [-0.39, 0.29) is 5.91 Å². The molecule has 0 radical (unpaired) electrons. The minimum absolute atomic E-state index is 0.225. The molecular weight excluding hydrogens is 214 g/mol. The fourth-order valence-corrected chi connectivity index (χ4v) is 3.67. The summed E-state index contributed by atoms with van der Waals surface area (Å²) in [5, 5.41) is 2.06. The number of carbonyl (C=O) groups is 1. The van der Waals surface area contributed by atoms with Crippen LogP contribution in [0, 0.1) is 11.8 Å². The summed E-state index contributed by atoms with van der Waals surface area (Å²) in [7, 11) is 0. The Hall–Kier alpha value is -1.03. The molecule has 2 aliphatic carbocycles. The van der Waals surface area contributed by atoms with Gasteiger partial charge in [0, 0.05) is 25.2 Å². The van der Waals surface area contributed by atoms with Crippen LogP contribution in [0.4, 0.5) is 0 Å². The molecule has 0 aromatic carbocycles. The molecule has 0 bridgehead atoms. The fourth-order valence-electron chi connectivity index (χ4n) is 3.67. The molecule has 4 nitrogen and oxygen atoms in total. The van der Waals surface area contributed by atoms with Gasteiger partial charge in [0.15, 0.2) is 0 Å². The van der Waals surface area contributed by atoms with Crippen LogP contribution in [0.5, 0.6) is 0 Å². The van der Waals surface area contributed by atoms with Gasteiger partial charge in [-0.05, 0) is 36.7 Å². The van der Waals surface area contributed by atoms with Crippen LogP contribution in [0.1, 0.15) is 38.5 Å². The maximum absolute atomic E-state index is 10.8. The van der Waals surface area contributed by atoms with E-state index in [1.807, 2.05) is 0 Å². The molecule has 0 spiro atoms. The van der Waals surface area contributed by atoms with Crippen molar-refractivity contribution in [1.29, 1.82) is 0 Å². The van der Waals surface area contributed by atoms with E-state index in [0.717, 1.165) is 11.8 Å². The number of nitrogens with one attached hydrogen (secondary N) is 1. The van der Waals surface area contributed by atoms with Crippen molar-refractivity contribution >= 4 is 5.91 Å². The topological polar surface area (TPSA) is 58.4 Å². The minimum atomic E-state index is -0.225. The third-order valence-electron chi connectivity index (χ3n) is 4.54. The summed E-state index contributed by atoms with van der Waals surface area (Å²) < 4.78 is 0. The predicted octanol–water partition coefficient (Wildman–Crippen LogP) is 1.14. The smallest absolute Gasteiger partial charge is 0.219 e. The van der Waals surface area contributed by atoms with Crippen molar-refractivity contribution in [2.75, 3.05) is 6.54 Å². The van der Waals surface area contributed by atoms with E-state index < -0.39 is 0 Å². The molecule has 0 aromatic heterocycles. The highest BCUT2D eigenvalue weighted by Crippen LogP contribution is 2.45. The summed E-state index contributed by atoms with van der Waals surface area (Å²) in [6.45, 7) is 0.699. The second-order valence-corrected chi connectivity index (χ2v) is 5.69. The van der Waals surface area contributed by atoms with Gasteiger partial charge in [-0.25, -0.2) is 5.43 Å². The van der Waals surface area contributed by atoms with E-state index in [9.17, 15) is 4.79 Å². The largest absolute Gasteiger partial charge is 0.370 e. The molecule has 2 saturated carbocycles. The van der Waals surface area contributed by atoms with Crippen LogP contribution in [0.2, 0.25) is 0 Å². The highest BCUT2D eigenvalue weighted by atomic mass is 16.1. The van der Waals surface area contributed by atoms with Gasteiger partial charge in [0.2, 0.25) is 5.91 Å². The highest BCUT2D eigenvalue weighted by molar-refractivity contribution is 5.73. The summed E-state index contributed by atoms with van der Waals surface area (Å²) in [6, 6.07) is 0.530. The zero-order chi connectivity index (χ0) is 11.8. The molecule has 2 fully saturated rings. The Balaban J connectivity index is 1.61. The Morgan fingerprint density at radius 3 is 3.12 bits per heavy atom. The standard InChI is InChI=1S/C13H21N3O/c14-13(17)4-5-16-8-11-6-9-2-1-3-10(9)7-12(11)15-16/h8-10,12,15H,1-7H2,(H2,14,17). The maximum atomic E-state index is 10.8. The lowest BCUT2D eigenvalue weighted by atomic mass is 9.77. The first-order valence-corrected chi connectivity index (χ1v) is 6.74. The summed E-state index contributed by atoms with van der Waals surface area (Å²) in [5.41, 5.74) is 10.2. The number of nitrogens with two attached hydrogens (primary N) is 1. The fraction of sp³-hybridized carbons (Fsp3) is 0.769. The lowest BCUT2D eigenvalue weighted by Gasteiger charge is -2.31. The molecule has 3 N–H and O–H groups in total. The zero-order valence-corrected chi connectivity index (χ0v) is 10.2. The van der Waals surface area contributed by atoms with Gasteiger partial charge in [-0.2, -0.15) is 0 Å². The third kappa shape index (κ3) is 2.18. The molecule has 3 rings (SSSR count). The molecule has 0 saturated heterocycles. The molecule has 1 amide bonds. The molecule has 94 valence electrons. The van der Waals surface area contributed by atoms with Crippen LogP contribution in [-0.4, -0.2) is 23.5 Å². The SMILES string of the molecule is NC(=O)CCN1C=C2CC3CCCC3CC2N1. The van der Waals surface area contributed by atoms with Crippen molar-refractivity contribution < 1.29 is 4.79 Å². The van der Waals surface area contributed by atoms with Crippen LogP contribution in [0.25, 0.3) is 0 Å². The van der Waals surface area contributed by atoms with Crippen LogP contribution in [-0.2, 0) is 4.79 Å². The van der Waals surface area contributed by atoms with E-state index >= 15 is 0 Å². The van der Waals surface area contributed by atoms with Crippen molar-refractivity contribution in [1.82, 2.24) is 10.4 Å². The van der Waals surface area contributed by atoms with Gasteiger partial charge < -0.3 is 10.7 Å². The molecule has 1 heterocycles. The lowest BCUT2D eigenvalue weighted by Crippen LogP contribution is -2.40.